The summed E-state index contributed by atoms with van der Waals surface area (Å²) in [5, 5.41) is 12.7. The number of carboxylic acids is 1. The molecule has 1 aliphatic rings. The van der Waals surface area contributed by atoms with Gasteiger partial charge in [-0.3, -0.25) is 0 Å². The largest absolute Gasteiger partial charge is 0.489 e. The SMILES string of the molecule is Cc1cc2c(cc1-c1cc(C(=O)O)on1)OCC(C)(C)CO2. The first-order valence-electron chi connectivity index (χ1n) is 6.96. The van der Waals surface area contributed by atoms with Crippen LogP contribution in [-0.2, 0) is 0 Å². The Kier molecular flexibility index (Phi) is 3.31. The third kappa shape index (κ3) is 2.64. The zero-order chi connectivity index (χ0) is 15.9. The highest BCUT2D eigenvalue weighted by molar-refractivity contribution is 5.86. The molecule has 0 fully saturated rings. The lowest BCUT2D eigenvalue weighted by Crippen LogP contribution is -2.26. The molecule has 22 heavy (non-hydrogen) atoms. The minimum atomic E-state index is -1.15. The van der Waals surface area contributed by atoms with Gasteiger partial charge in [-0.05, 0) is 24.6 Å². The monoisotopic (exact) mass is 303 g/mol. The summed E-state index contributed by atoms with van der Waals surface area (Å²) in [6, 6.07) is 5.09. The summed E-state index contributed by atoms with van der Waals surface area (Å²) < 4.78 is 16.5. The number of hydrogen-bond acceptors (Lipinski definition) is 5. The lowest BCUT2D eigenvalue weighted by molar-refractivity contribution is 0.0652. The van der Waals surface area contributed by atoms with Gasteiger partial charge in [0.25, 0.3) is 0 Å². The van der Waals surface area contributed by atoms with Crippen LogP contribution < -0.4 is 9.47 Å². The first-order chi connectivity index (χ1) is 10.4. The number of nitrogens with zero attached hydrogens (tertiary/aromatic N) is 1. The number of ether oxygens (including phenoxy) is 2. The van der Waals surface area contributed by atoms with Crippen molar-refractivity contribution < 1.29 is 23.9 Å². The molecule has 6 heteroatoms. The van der Waals surface area contributed by atoms with E-state index in [0.29, 0.717) is 30.4 Å². The zero-order valence-corrected chi connectivity index (χ0v) is 12.7. The third-order valence-corrected chi connectivity index (χ3v) is 3.52. The Morgan fingerprint density at radius 2 is 1.82 bits per heavy atom. The predicted octanol–water partition coefficient (Wildman–Crippen LogP) is 3.15. The summed E-state index contributed by atoms with van der Waals surface area (Å²) in [5.41, 5.74) is 2.06. The van der Waals surface area contributed by atoms with Crippen molar-refractivity contribution in [2.75, 3.05) is 13.2 Å². The second kappa shape index (κ2) is 5.05. The molecule has 1 aromatic heterocycles. The Morgan fingerprint density at radius 3 is 2.41 bits per heavy atom. The van der Waals surface area contributed by atoms with Crippen LogP contribution >= 0.6 is 0 Å². The van der Waals surface area contributed by atoms with E-state index in [1.165, 1.54) is 6.07 Å². The van der Waals surface area contributed by atoms with Crippen LogP contribution in [0.5, 0.6) is 11.5 Å². The fourth-order valence-electron chi connectivity index (χ4n) is 2.25. The summed E-state index contributed by atoms with van der Waals surface area (Å²) in [6.45, 7) is 7.17. The molecule has 0 saturated carbocycles. The average molecular weight is 303 g/mol. The smallest absolute Gasteiger partial charge is 0.374 e. The van der Waals surface area contributed by atoms with Crippen LogP contribution in [0.2, 0.25) is 0 Å². The standard InChI is InChI=1S/C16H17NO5/c1-9-4-12-13(21-8-16(2,3)7-20-12)5-10(9)11-6-14(15(18)19)22-17-11/h4-6H,7-8H2,1-3H3,(H,18,19). The van der Waals surface area contributed by atoms with E-state index in [1.807, 2.05) is 19.1 Å². The highest BCUT2D eigenvalue weighted by Crippen LogP contribution is 2.38. The molecule has 2 aromatic rings. The van der Waals surface area contributed by atoms with E-state index in [-0.39, 0.29) is 11.2 Å². The van der Waals surface area contributed by atoms with Crippen molar-refractivity contribution in [1.29, 1.82) is 0 Å². The van der Waals surface area contributed by atoms with Crippen LogP contribution in [0.15, 0.2) is 22.7 Å². The van der Waals surface area contributed by atoms with E-state index in [4.69, 9.17) is 19.1 Å². The fraction of sp³-hybridized carbons (Fsp3) is 0.375. The van der Waals surface area contributed by atoms with Crippen LogP contribution in [0.3, 0.4) is 0 Å². The van der Waals surface area contributed by atoms with Crippen molar-refractivity contribution in [3.8, 4) is 22.8 Å². The average Bonchev–Trinajstić information content (AvgIpc) is 2.88. The van der Waals surface area contributed by atoms with Gasteiger partial charge in [-0.1, -0.05) is 19.0 Å². The maximum absolute atomic E-state index is 10.9. The van der Waals surface area contributed by atoms with Crippen LogP contribution in [0, 0.1) is 12.3 Å². The van der Waals surface area contributed by atoms with E-state index >= 15 is 0 Å². The quantitative estimate of drug-likeness (QED) is 0.917. The lowest BCUT2D eigenvalue weighted by Gasteiger charge is -2.19. The van der Waals surface area contributed by atoms with Crippen LogP contribution in [-0.4, -0.2) is 29.4 Å². The zero-order valence-electron chi connectivity index (χ0n) is 12.7. The summed E-state index contributed by atoms with van der Waals surface area (Å²) in [4.78, 5) is 10.9. The molecule has 0 spiro atoms. The Morgan fingerprint density at radius 1 is 1.18 bits per heavy atom. The molecule has 3 rings (SSSR count). The maximum Gasteiger partial charge on any atom is 0.374 e. The van der Waals surface area contributed by atoms with Crippen molar-refractivity contribution in [2.24, 2.45) is 5.41 Å². The molecule has 1 aliphatic heterocycles. The molecule has 116 valence electrons. The number of carbonyl (C=O) groups is 1. The summed E-state index contributed by atoms with van der Waals surface area (Å²) >= 11 is 0. The number of rotatable bonds is 2. The minimum absolute atomic E-state index is 0.0720. The van der Waals surface area contributed by atoms with E-state index in [0.717, 1.165) is 11.1 Å². The number of hydrogen-bond donors (Lipinski definition) is 1. The van der Waals surface area contributed by atoms with Crippen molar-refractivity contribution in [3.63, 3.8) is 0 Å². The Labute approximate surface area is 127 Å². The number of aromatic carboxylic acids is 1. The molecular formula is C16H17NO5. The van der Waals surface area contributed by atoms with Gasteiger partial charge in [0, 0.05) is 17.0 Å². The van der Waals surface area contributed by atoms with Gasteiger partial charge in [0.15, 0.2) is 11.5 Å². The van der Waals surface area contributed by atoms with Crippen molar-refractivity contribution in [1.82, 2.24) is 5.16 Å². The topological polar surface area (TPSA) is 81.8 Å². The molecule has 2 heterocycles. The molecule has 0 saturated heterocycles. The second-order valence-electron chi connectivity index (χ2n) is 6.24. The van der Waals surface area contributed by atoms with Gasteiger partial charge in [0.1, 0.15) is 5.69 Å². The highest BCUT2D eigenvalue weighted by Gasteiger charge is 2.26. The molecule has 6 nitrogen and oxygen atoms in total. The molecule has 1 N–H and O–H groups in total. The van der Waals surface area contributed by atoms with E-state index in [1.54, 1.807) is 0 Å². The number of benzene rings is 1. The molecule has 1 aromatic carbocycles. The van der Waals surface area contributed by atoms with Crippen molar-refractivity contribution in [3.05, 3.63) is 29.5 Å². The Bertz CT molecular complexity index is 732. The third-order valence-electron chi connectivity index (χ3n) is 3.52. The van der Waals surface area contributed by atoms with Gasteiger partial charge in [0.05, 0.1) is 13.2 Å². The predicted molar refractivity (Wildman–Crippen MR) is 78.4 cm³/mol. The Balaban J connectivity index is 2.00. The maximum atomic E-state index is 10.9. The number of aromatic nitrogens is 1. The van der Waals surface area contributed by atoms with Gasteiger partial charge in [-0.15, -0.1) is 0 Å². The summed E-state index contributed by atoms with van der Waals surface area (Å²) in [5.74, 6) is -0.0185. The molecule has 0 bridgehead atoms. The Hall–Kier alpha value is -2.50. The van der Waals surface area contributed by atoms with E-state index in [2.05, 4.69) is 19.0 Å². The molecule has 0 atom stereocenters. The molecule has 0 amide bonds. The van der Waals surface area contributed by atoms with Crippen LogP contribution in [0.4, 0.5) is 0 Å². The molecule has 0 unspecified atom stereocenters. The first kappa shape index (κ1) is 14.4. The molecule has 0 aliphatic carbocycles. The summed E-state index contributed by atoms with van der Waals surface area (Å²) in [7, 11) is 0. The fourth-order valence-corrected chi connectivity index (χ4v) is 2.25. The molecule has 0 radical (unpaired) electrons. The number of carboxylic acid groups (broad SMARTS) is 1. The van der Waals surface area contributed by atoms with Crippen molar-refractivity contribution >= 4 is 5.97 Å². The van der Waals surface area contributed by atoms with E-state index < -0.39 is 5.97 Å². The van der Waals surface area contributed by atoms with Gasteiger partial charge < -0.3 is 19.1 Å². The second-order valence-corrected chi connectivity index (χ2v) is 6.24. The van der Waals surface area contributed by atoms with Gasteiger partial charge in [0.2, 0.25) is 5.76 Å². The van der Waals surface area contributed by atoms with E-state index in [9.17, 15) is 4.79 Å². The minimum Gasteiger partial charge on any atom is -0.489 e. The van der Waals surface area contributed by atoms with Gasteiger partial charge >= 0.3 is 5.97 Å². The van der Waals surface area contributed by atoms with Crippen LogP contribution in [0.25, 0.3) is 11.3 Å². The number of aryl methyl sites for hydroxylation is 1. The van der Waals surface area contributed by atoms with Gasteiger partial charge in [-0.2, -0.15) is 0 Å². The molecular weight excluding hydrogens is 286 g/mol. The summed E-state index contributed by atoms with van der Waals surface area (Å²) in [6.07, 6.45) is 0. The first-order valence-corrected chi connectivity index (χ1v) is 6.96. The number of fused-ring (bicyclic) bond motifs is 1. The normalized spacial score (nSPS) is 16.1. The van der Waals surface area contributed by atoms with Gasteiger partial charge in [-0.25, -0.2) is 4.79 Å². The van der Waals surface area contributed by atoms with Crippen molar-refractivity contribution in [2.45, 2.75) is 20.8 Å². The highest BCUT2D eigenvalue weighted by atomic mass is 16.5. The lowest BCUT2D eigenvalue weighted by atomic mass is 9.97. The van der Waals surface area contributed by atoms with Crippen LogP contribution in [0.1, 0.15) is 30.0 Å².